The molecule has 210 valence electrons. The lowest BCUT2D eigenvalue weighted by molar-refractivity contribution is -0.137. The number of pyridine rings is 2. The highest BCUT2D eigenvalue weighted by Gasteiger charge is 2.31. The van der Waals surface area contributed by atoms with Gasteiger partial charge in [-0.3, -0.25) is 14.8 Å². The summed E-state index contributed by atoms with van der Waals surface area (Å²) >= 11 is 0. The first kappa shape index (κ1) is 27.6. The van der Waals surface area contributed by atoms with Gasteiger partial charge in [-0.2, -0.15) is 13.2 Å². The second kappa shape index (κ2) is 12.1. The van der Waals surface area contributed by atoms with Crippen LogP contribution in [0.4, 0.5) is 24.5 Å². The molecule has 1 aromatic carbocycles. The van der Waals surface area contributed by atoms with Gasteiger partial charge in [0.05, 0.1) is 55.3 Å². The van der Waals surface area contributed by atoms with Crippen LogP contribution < -0.4 is 10.2 Å². The summed E-state index contributed by atoms with van der Waals surface area (Å²) in [6.07, 6.45) is 1.32. The number of hydrogen-bond acceptors (Lipinski definition) is 7. The topological polar surface area (TPSA) is 85.8 Å². The Morgan fingerprint density at radius 3 is 2.65 bits per heavy atom. The van der Waals surface area contributed by atoms with Gasteiger partial charge in [0.1, 0.15) is 12.3 Å². The zero-order valence-electron chi connectivity index (χ0n) is 22.0. The van der Waals surface area contributed by atoms with Gasteiger partial charge in [-0.25, -0.2) is 0 Å². The predicted molar refractivity (Wildman–Crippen MR) is 143 cm³/mol. The molecule has 8 nitrogen and oxygen atoms in total. The highest BCUT2D eigenvalue weighted by atomic mass is 19.4. The van der Waals surface area contributed by atoms with E-state index in [-0.39, 0.29) is 5.56 Å². The third kappa shape index (κ3) is 6.60. The highest BCUT2D eigenvalue weighted by molar-refractivity contribution is 6.04. The molecule has 0 atom stereocenters. The average Bonchev–Trinajstić information content (AvgIpc) is 2.97. The van der Waals surface area contributed by atoms with Crippen molar-refractivity contribution < 1.29 is 32.2 Å². The van der Waals surface area contributed by atoms with Gasteiger partial charge in [-0.1, -0.05) is 6.07 Å². The predicted octanol–water partition coefficient (Wildman–Crippen LogP) is 5.38. The number of halogens is 3. The van der Waals surface area contributed by atoms with Gasteiger partial charge >= 0.3 is 6.18 Å². The van der Waals surface area contributed by atoms with Gasteiger partial charge in [-0.05, 0) is 43.3 Å². The molecule has 40 heavy (non-hydrogen) atoms. The number of amides is 1. The van der Waals surface area contributed by atoms with Crippen LogP contribution in [0.1, 0.15) is 33.7 Å². The lowest BCUT2D eigenvalue weighted by atomic mass is 10.0. The lowest BCUT2D eigenvalue weighted by Gasteiger charge is -2.30. The van der Waals surface area contributed by atoms with E-state index in [0.717, 1.165) is 46.8 Å². The largest absolute Gasteiger partial charge is 0.492 e. The second-order valence-corrected chi connectivity index (χ2v) is 9.46. The number of aryl methyl sites for hydroxylation is 1. The number of aromatic nitrogens is 2. The molecule has 0 unspecified atom stereocenters. The van der Waals surface area contributed by atoms with Crippen molar-refractivity contribution >= 4 is 17.3 Å². The van der Waals surface area contributed by atoms with Crippen molar-refractivity contribution in [3.8, 4) is 11.1 Å². The molecule has 2 aliphatic rings. The molecule has 0 spiro atoms. The Hall–Kier alpha value is -3.96. The van der Waals surface area contributed by atoms with E-state index >= 15 is 0 Å². The van der Waals surface area contributed by atoms with E-state index in [0.29, 0.717) is 57.5 Å². The lowest BCUT2D eigenvalue weighted by Crippen LogP contribution is -2.37. The molecular formula is C29H29F3N4O4. The van der Waals surface area contributed by atoms with Crippen molar-refractivity contribution in [2.24, 2.45) is 0 Å². The molecule has 2 aromatic heterocycles. The molecule has 0 saturated carbocycles. The van der Waals surface area contributed by atoms with E-state index in [1.807, 2.05) is 19.1 Å². The SMILES string of the molecule is Cc1ncc(NC(=O)c2cccc(C(F)(F)F)c2)cc1-c1cnc(COC2=CCOCC2)c(N2CCOCC2)c1. The summed E-state index contributed by atoms with van der Waals surface area (Å²) in [4.78, 5) is 24.1. The molecule has 2 aliphatic heterocycles. The molecule has 1 amide bonds. The van der Waals surface area contributed by atoms with E-state index in [1.54, 1.807) is 12.3 Å². The van der Waals surface area contributed by atoms with Crippen molar-refractivity contribution in [1.82, 2.24) is 9.97 Å². The Morgan fingerprint density at radius 1 is 1.07 bits per heavy atom. The fourth-order valence-electron chi connectivity index (χ4n) is 4.55. The van der Waals surface area contributed by atoms with Crippen molar-refractivity contribution in [2.75, 3.05) is 49.7 Å². The summed E-state index contributed by atoms with van der Waals surface area (Å²) < 4.78 is 56.2. The van der Waals surface area contributed by atoms with Crippen molar-refractivity contribution in [3.63, 3.8) is 0 Å². The third-order valence-corrected chi connectivity index (χ3v) is 6.72. The maximum Gasteiger partial charge on any atom is 0.416 e. The minimum absolute atomic E-state index is 0.0998. The molecule has 0 bridgehead atoms. The summed E-state index contributed by atoms with van der Waals surface area (Å²) in [5, 5.41) is 2.67. The summed E-state index contributed by atoms with van der Waals surface area (Å²) in [6.45, 7) is 5.93. The monoisotopic (exact) mass is 554 g/mol. The van der Waals surface area contributed by atoms with Crippen LogP contribution >= 0.6 is 0 Å². The zero-order valence-corrected chi connectivity index (χ0v) is 22.0. The number of hydrogen-bond donors (Lipinski definition) is 1. The fourth-order valence-corrected chi connectivity index (χ4v) is 4.55. The third-order valence-electron chi connectivity index (χ3n) is 6.72. The van der Waals surface area contributed by atoms with E-state index in [9.17, 15) is 18.0 Å². The summed E-state index contributed by atoms with van der Waals surface area (Å²) in [5.74, 6) is 0.221. The zero-order chi connectivity index (χ0) is 28.1. The maximum atomic E-state index is 13.1. The van der Waals surface area contributed by atoms with Crippen LogP contribution in [0.2, 0.25) is 0 Å². The first-order chi connectivity index (χ1) is 19.3. The molecule has 3 aromatic rings. The van der Waals surface area contributed by atoms with E-state index in [2.05, 4.69) is 15.2 Å². The fraction of sp³-hybridized carbons (Fsp3) is 0.345. The van der Waals surface area contributed by atoms with E-state index in [1.165, 1.54) is 18.3 Å². The van der Waals surface area contributed by atoms with Crippen molar-refractivity contribution in [3.05, 3.63) is 83.1 Å². The van der Waals surface area contributed by atoms with Gasteiger partial charge in [0.15, 0.2) is 0 Å². The van der Waals surface area contributed by atoms with Gasteiger partial charge in [0, 0.05) is 48.1 Å². The Labute approximate surface area is 229 Å². The Morgan fingerprint density at radius 2 is 1.90 bits per heavy atom. The number of carbonyl (C=O) groups excluding carboxylic acids is 1. The minimum atomic E-state index is -4.54. The van der Waals surface area contributed by atoms with E-state index < -0.39 is 17.6 Å². The number of nitrogens with one attached hydrogen (secondary N) is 1. The molecule has 1 fully saturated rings. The van der Waals surface area contributed by atoms with Crippen LogP contribution in [-0.2, 0) is 27.0 Å². The Bertz CT molecular complexity index is 1400. The van der Waals surface area contributed by atoms with Crippen LogP contribution in [0.25, 0.3) is 11.1 Å². The standard InChI is InChI=1S/C29H29F3N4O4/c1-19-25(15-23(17-33-19)35-28(37)20-3-2-4-22(13-20)29(30,31)32)21-14-27(36-7-11-39-12-8-36)26(34-16-21)18-40-24-5-9-38-10-6-24/h2-5,13-17H,6-12,18H2,1H3,(H,35,37). The molecule has 1 N–H and O–H groups in total. The van der Waals surface area contributed by atoms with Gasteiger partial charge in [0.2, 0.25) is 0 Å². The van der Waals surface area contributed by atoms with Gasteiger partial charge < -0.3 is 24.4 Å². The smallest absolute Gasteiger partial charge is 0.416 e. The molecule has 0 aliphatic carbocycles. The number of ether oxygens (including phenoxy) is 3. The maximum absolute atomic E-state index is 13.1. The van der Waals surface area contributed by atoms with Crippen molar-refractivity contribution in [1.29, 1.82) is 0 Å². The number of alkyl halides is 3. The summed E-state index contributed by atoms with van der Waals surface area (Å²) in [5.41, 5.74) is 3.32. The molecule has 0 radical (unpaired) electrons. The Balaban J connectivity index is 1.41. The normalized spacial score (nSPS) is 15.9. The number of morpholine rings is 1. The summed E-state index contributed by atoms with van der Waals surface area (Å²) in [6, 6.07) is 8.07. The molecule has 11 heteroatoms. The number of anilines is 2. The minimum Gasteiger partial charge on any atom is -0.492 e. The van der Waals surface area contributed by atoms with Crippen LogP contribution in [0.5, 0.6) is 0 Å². The first-order valence-electron chi connectivity index (χ1n) is 12.9. The molecule has 5 rings (SSSR count). The number of rotatable bonds is 7. The van der Waals surface area contributed by atoms with Crippen LogP contribution in [0.3, 0.4) is 0 Å². The second-order valence-electron chi connectivity index (χ2n) is 9.46. The van der Waals surface area contributed by atoms with Crippen LogP contribution in [0.15, 0.2) is 60.6 Å². The van der Waals surface area contributed by atoms with Crippen molar-refractivity contribution in [2.45, 2.75) is 26.1 Å². The number of nitrogens with zero attached hydrogens (tertiary/aromatic N) is 3. The first-order valence-corrected chi connectivity index (χ1v) is 12.9. The number of benzene rings is 1. The molecular weight excluding hydrogens is 525 g/mol. The average molecular weight is 555 g/mol. The summed E-state index contributed by atoms with van der Waals surface area (Å²) in [7, 11) is 0. The molecule has 1 saturated heterocycles. The van der Waals surface area contributed by atoms with Gasteiger partial charge in [0.25, 0.3) is 5.91 Å². The van der Waals surface area contributed by atoms with Crippen LogP contribution in [0, 0.1) is 6.92 Å². The Kier molecular flexibility index (Phi) is 8.32. The van der Waals surface area contributed by atoms with E-state index in [4.69, 9.17) is 19.2 Å². The van der Waals surface area contributed by atoms with Gasteiger partial charge in [-0.15, -0.1) is 0 Å². The molecule has 4 heterocycles. The van der Waals surface area contributed by atoms with Crippen LogP contribution in [-0.4, -0.2) is 55.4 Å². The quantitative estimate of drug-likeness (QED) is 0.420. The highest BCUT2D eigenvalue weighted by Crippen LogP contribution is 2.32. The number of carbonyl (C=O) groups is 1.